The van der Waals surface area contributed by atoms with Gasteiger partial charge in [0.15, 0.2) is 0 Å². The van der Waals surface area contributed by atoms with Gasteiger partial charge in [-0.2, -0.15) is 0 Å². The molecule has 1 fully saturated rings. The van der Waals surface area contributed by atoms with Crippen molar-refractivity contribution in [3.63, 3.8) is 0 Å². The van der Waals surface area contributed by atoms with E-state index in [1.807, 2.05) is 54.6 Å². The van der Waals surface area contributed by atoms with E-state index < -0.39 is 5.41 Å². The molecule has 27 heavy (non-hydrogen) atoms. The first-order chi connectivity index (χ1) is 13.3. The van der Waals surface area contributed by atoms with Gasteiger partial charge >= 0.3 is 0 Å². The van der Waals surface area contributed by atoms with E-state index >= 15 is 0 Å². The first-order valence-corrected chi connectivity index (χ1v) is 9.35. The van der Waals surface area contributed by atoms with Crippen molar-refractivity contribution < 1.29 is 9.90 Å². The van der Waals surface area contributed by atoms with Crippen molar-refractivity contribution in [1.29, 1.82) is 0 Å². The van der Waals surface area contributed by atoms with Gasteiger partial charge in [-0.15, -0.1) is 0 Å². The Bertz CT molecular complexity index is 797. The molecule has 3 nitrogen and oxygen atoms in total. The third-order valence-corrected chi connectivity index (χ3v) is 5.67. The van der Waals surface area contributed by atoms with Gasteiger partial charge in [-0.25, -0.2) is 0 Å². The summed E-state index contributed by atoms with van der Waals surface area (Å²) in [7, 11) is 0. The van der Waals surface area contributed by atoms with Crippen molar-refractivity contribution in [1.82, 2.24) is 4.90 Å². The molecule has 0 saturated carbocycles. The molecule has 0 unspecified atom stereocenters. The first-order valence-electron chi connectivity index (χ1n) is 9.35. The second-order valence-electron chi connectivity index (χ2n) is 6.97. The fourth-order valence-electron chi connectivity index (χ4n) is 4.54. The molecular weight excluding hydrogens is 334 g/mol. The number of benzene rings is 3. The topological polar surface area (TPSA) is 40.5 Å². The van der Waals surface area contributed by atoms with Crippen LogP contribution in [-0.4, -0.2) is 28.7 Å². The van der Waals surface area contributed by atoms with Crippen molar-refractivity contribution in [3.05, 3.63) is 108 Å². The van der Waals surface area contributed by atoms with Crippen molar-refractivity contribution in [2.45, 2.75) is 24.3 Å². The van der Waals surface area contributed by atoms with Crippen LogP contribution in [0.1, 0.15) is 29.5 Å². The number of rotatable bonds is 5. The maximum Gasteiger partial charge on any atom is 0.224 e. The molecule has 3 heteroatoms. The Morgan fingerprint density at radius 2 is 1.19 bits per heavy atom. The van der Waals surface area contributed by atoms with Gasteiger partial charge in [0.05, 0.1) is 11.5 Å². The molecule has 1 aliphatic heterocycles. The van der Waals surface area contributed by atoms with Gasteiger partial charge in [-0.3, -0.25) is 4.79 Å². The van der Waals surface area contributed by atoms with E-state index in [9.17, 15) is 9.90 Å². The molecule has 1 saturated heterocycles. The van der Waals surface area contributed by atoms with Crippen LogP contribution in [0.4, 0.5) is 0 Å². The highest BCUT2D eigenvalue weighted by Crippen LogP contribution is 2.47. The monoisotopic (exact) mass is 357 g/mol. The van der Waals surface area contributed by atoms with E-state index in [4.69, 9.17) is 0 Å². The van der Waals surface area contributed by atoms with Crippen LogP contribution in [0.2, 0.25) is 0 Å². The standard InChI is InChI=1S/C24H23NO2/c26-18-25-22(16-17-23(25)27)24(19-10-4-1-5-11-19,20-12-6-2-7-13-20)21-14-8-3-9-15-21/h1-15,22,26H,16-18H2/t22-/m0/s1. The lowest BCUT2D eigenvalue weighted by atomic mass is 9.64. The maximum absolute atomic E-state index is 12.5. The highest BCUT2D eigenvalue weighted by atomic mass is 16.3. The fourth-order valence-corrected chi connectivity index (χ4v) is 4.54. The van der Waals surface area contributed by atoms with Crippen LogP contribution >= 0.6 is 0 Å². The van der Waals surface area contributed by atoms with Gasteiger partial charge in [-0.05, 0) is 23.1 Å². The largest absolute Gasteiger partial charge is 0.376 e. The molecule has 0 aliphatic carbocycles. The number of aliphatic hydroxyl groups excluding tert-OH is 1. The van der Waals surface area contributed by atoms with E-state index in [-0.39, 0.29) is 18.7 Å². The SMILES string of the molecule is O=C1CC[C@@H](C(c2ccccc2)(c2ccccc2)c2ccccc2)N1CO. The molecular formula is C24H23NO2. The molecule has 0 aromatic heterocycles. The molecule has 0 spiro atoms. The van der Waals surface area contributed by atoms with Crippen molar-refractivity contribution >= 4 is 5.91 Å². The number of aliphatic hydroxyl groups is 1. The minimum Gasteiger partial charge on any atom is -0.376 e. The minimum atomic E-state index is -0.543. The van der Waals surface area contributed by atoms with Crippen LogP contribution in [0.15, 0.2) is 91.0 Å². The number of amides is 1. The number of hydrogen-bond donors (Lipinski definition) is 1. The number of carbonyl (C=O) groups excluding carboxylic acids is 1. The molecule has 1 heterocycles. The molecule has 0 bridgehead atoms. The van der Waals surface area contributed by atoms with Crippen LogP contribution in [-0.2, 0) is 10.2 Å². The zero-order valence-electron chi connectivity index (χ0n) is 15.2. The van der Waals surface area contributed by atoms with E-state index in [0.717, 1.165) is 16.7 Å². The second-order valence-corrected chi connectivity index (χ2v) is 6.97. The number of carbonyl (C=O) groups is 1. The average molecular weight is 357 g/mol. The Morgan fingerprint density at radius 1 is 0.778 bits per heavy atom. The van der Waals surface area contributed by atoms with Gasteiger partial charge in [-0.1, -0.05) is 91.0 Å². The normalized spacial score (nSPS) is 17.3. The minimum absolute atomic E-state index is 0.00895. The Kier molecular flexibility index (Phi) is 4.78. The van der Waals surface area contributed by atoms with Crippen LogP contribution < -0.4 is 0 Å². The first kappa shape index (κ1) is 17.5. The van der Waals surface area contributed by atoms with Crippen LogP contribution in [0, 0.1) is 0 Å². The van der Waals surface area contributed by atoms with Crippen molar-refractivity contribution in [3.8, 4) is 0 Å². The maximum atomic E-state index is 12.5. The van der Waals surface area contributed by atoms with Crippen LogP contribution in [0.3, 0.4) is 0 Å². The zero-order chi connectivity index (χ0) is 18.7. The Morgan fingerprint density at radius 3 is 1.56 bits per heavy atom. The summed E-state index contributed by atoms with van der Waals surface area (Å²) in [5, 5.41) is 10.0. The van der Waals surface area contributed by atoms with E-state index in [0.29, 0.717) is 12.8 Å². The Balaban J connectivity index is 2.06. The number of likely N-dealkylation sites (tertiary alicyclic amines) is 1. The molecule has 1 amide bonds. The van der Waals surface area contributed by atoms with Gasteiger partial charge in [0, 0.05) is 6.42 Å². The van der Waals surface area contributed by atoms with E-state index in [2.05, 4.69) is 36.4 Å². The van der Waals surface area contributed by atoms with Crippen molar-refractivity contribution in [2.75, 3.05) is 6.73 Å². The van der Waals surface area contributed by atoms with Crippen molar-refractivity contribution in [2.24, 2.45) is 0 Å². The molecule has 3 aromatic rings. The summed E-state index contributed by atoms with van der Waals surface area (Å²) in [5.41, 5.74) is 2.83. The summed E-state index contributed by atoms with van der Waals surface area (Å²) < 4.78 is 0. The molecule has 136 valence electrons. The lowest BCUT2D eigenvalue weighted by Gasteiger charge is -2.44. The molecule has 1 aliphatic rings. The summed E-state index contributed by atoms with van der Waals surface area (Å²) in [6, 6.07) is 30.8. The molecule has 1 atom stereocenters. The van der Waals surface area contributed by atoms with E-state index in [1.54, 1.807) is 4.90 Å². The molecule has 0 radical (unpaired) electrons. The predicted octanol–water partition coefficient (Wildman–Crippen LogP) is 3.96. The summed E-state index contributed by atoms with van der Waals surface area (Å²) in [4.78, 5) is 14.2. The quantitative estimate of drug-likeness (QED) is 0.702. The summed E-state index contributed by atoms with van der Waals surface area (Å²) in [6.45, 7) is -0.266. The van der Waals surface area contributed by atoms with Gasteiger partial charge in [0.1, 0.15) is 6.73 Å². The average Bonchev–Trinajstić information content (AvgIpc) is 3.12. The zero-order valence-corrected chi connectivity index (χ0v) is 15.2. The highest BCUT2D eigenvalue weighted by Gasteiger charge is 2.50. The number of hydrogen-bond acceptors (Lipinski definition) is 2. The van der Waals surface area contributed by atoms with Crippen LogP contribution in [0.5, 0.6) is 0 Å². The molecule has 4 rings (SSSR count). The highest BCUT2D eigenvalue weighted by molar-refractivity contribution is 5.79. The molecule has 1 N–H and O–H groups in total. The molecule has 3 aromatic carbocycles. The van der Waals surface area contributed by atoms with Gasteiger partial charge in [0.2, 0.25) is 5.91 Å². The third kappa shape index (κ3) is 2.84. The summed E-state index contributed by atoms with van der Waals surface area (Å²) in [6.07, 6.45) is 1.16. The lowest BCUT2D eigenvalue weighted by Crippen LogP contribution is -2.50. The summed E-state index contributed by atoms with van der Waals surface area (Å²) in [5.74, 6) is 0.00895. The second kappa shape index (κ2) is 7.37. The predicted molar refractivity (Wildman–Crippen MR) is 106 cm³/mol. The lowest BCUT2D eigenvalue weighted by molar-refractivity contribution is -0.133. The van der Waals surface area contributed by atoms with E-state index in [1.165, 1.54) is 0 Å². The Labute approximate surface area is 159 Å². The number of nitrogens with zero attached hydrogens (tertiary/aromatic N) is 1. The summed E-state index contributed by atoms with van der Waals surface area (Å²) >= 11 is 0. The fraction of sp³-hybridized carbons (Fsp3) is 0.208. The smallest absolute Gasteiger partial charge is 0.224 e. The Hall–Kier alpha value is -2.91. The third-order valence-electron chi connectivity index (χ3n) is 5.67. The van der Waals surface area contributed by atoms with Gasteiger partial charge < -0.3 is 10.0 Å². The van der Waals surface area contributed by atoms with Crippen LogP contribution in [0.25, 0.3) is 0 Å². The van der Waals surface area contributed by atoms with Gasteiger partial charge in [0.25, 0.3) is 0 Å².